The number of H-pyrrole nitrogens is 1. The van der Waals surface area contributed by atoms with Crippen LogP contribution in [0.1, 0.15) is 12.6 Å². The van der Waals surface area contributed by atoms with Crippen molar-refractivity contribution in [3.63, 3.8) is 0 Å². The highest BCUT2D eigenvalue weighted by Gasteiger charge is 2.28. The largest absolute Gasteiger partial charge is 0.455 e. The van der Waals surface area contributed by atoms with E-state index in [0.717, 1.165) is 5.69 Å². The molecular weight excluding hydrogens is 185 g/mol. The van der Waals surface area contributed by atoms with E-state index in [1.165, 1.54) is 6.20 Å². The molecule has 0 saturated heterocycles. The first-order valence-corrected chi connectivity index (χ1v) is 3.74. The van der Waals surface area contributed by atoms with E-state index in [1.54, 1.807) is 0 Å². The SMILES string of the molecule is CCc1cnc(OCC(F)(F)F)[nH]1. The Morgan fingerprint density at radius 2 is 2.23 bits per heavy atom. The average Bonchev–Trinajstić information content (AvgIpc) is 2.47. The number of hydrogen-bond donors (Lipinski definition) is 1. The Bertz CT molecular complexity index is 269. The lowest BCUT2D eigenvalue weighted by Gasteiger charge is -2.05. The lowest BCUT2D eigenvalue weighted by Crippen LogP contribution is -2.19. The summed E-state index contributed by atoms with van der Waals surface area (Å²) >= 11 is 0. The van der Waals surface area contributed by atoms with Gasteiger partial charge in [-0.3, -0.25) is 0 Å². The molecule has 0 amide bonds. The standard InChI is InChI=1S/C7H9F3N2O/c1-2-5-3-11-6(12-5)13-4-7(8,9)10/h3H,2,4H2,1H3,(H,11,12). The second-order valence-corrected chi connectivity index (χ2v) is 2.47. The molecule has 0 radical (unpaired) electrons. The zero-order valence-corrected chi connectivity index (χ0v) is 6.98. The van der Waals surface area contributed by atoms with Crippen LogP contribution in [0.25, 0.3) is 0 Å². The molecule has 0 atom stereocenters. The van der Waals surface area contributed by atoms with Gasteiger partial charge in [-0.2, -0.15) is 13.2 Å². The van der Waals surface area contributed by atoms with Crippen LogP contribution in [0.3, 0.4) is 0 Å². The summed E-state index contributed by atoms with van der Waals surface area (Å²) in [5.41, 5.74) is 0.747. The van der Waals surface area contributed by atoms with Crippen LogP contribution in [0.15, 0.2) is 6.20 Å². The van der Waals surface area contributed by atoms with Gasteiger partial charge in [-0.15, -0.1) is 0 Å². The molecule has 0 bridgehead atoms. The number of ether oxygens (including phenoxy) is 1. The van der Waals surface area contributed by atoms with Crippen molar-refractivity contribution in [1.82, 2.24) is 9.97 Å². The van der Waals surface area contributed by atoms with Crippen LogP contribution in [0.2, 0.25) is 0 Å². The zero-order chi connectivity index (χ0) is 9.90. The summed E-state index contributed by atoms with van der Waals surface area (Å²) in [5, 5.41) is 0. The van der Waals surface area contributed by atoms with Gasteiger partial charge in [0.2, 0.25) is 0 Å². The highest BCUT2D eigenvalue weighted by atomic mass is 19.4. The minimum absolute atomic E-state index is 0.0887. The van der Waals surface area contributed by atoms with E-state index in [1.807, 2.05) is 6.92 Å². The van der Waals surface area contributed by atoms with Gasteiger partial charge in [-0.05, 0) is 6.42 Å². The quantitative estimate of drug-likeness (QED) is 0.798. The van der Waals surface area contributed by atoms with Crippen molar-refractivity contribution < 1.29 is 17.9 Å². The first kappa shape index (κ1) is 9.88. The maximum Gasteiger partial charge on any atom is 0.422 e. The third-order valence-electron chi connectivity index (χ3n) is 1.36. The van der Waals surface area contributed by atoms with Crippen molar-refractivity contribution in [3.05, 3.63) is 11.9 Å². The van der Waals surface area contributed by atoms with Crippen LogP contribution in [0, 0.1) is 0 Å². The van der Waals surface area contributed by atoms with Crippen molar-refractivity contribution in [2.75, 3.05) is 6.61 Å². The van der Waals surface area contributed by atoms with Crippen molar-refractivity contribution in [1.29, 1.82) is 0 Å². The normalized spacial score (nSPS) is 11.7. The monoisotopic (exact) mass is 194 g/mol. The molecule has 0 unspecified atom stereocenters. The van der Waals surface area contributed by atoms with Gasteiger partial charge < -0.3 is 9.72 Å². The Morgan fingerprint density at radius 3 is 2.69 bits per heavy atom. The summed E-state index contributed by atoms with van der Waals surface area (Å²) in [7, 11) is 0. The van der Waals surface area contributed by atoms with Crippen LogP contribution in [-0.4, -0.2) is 22.8 Å². The molecule has 74 valence electrons. The van der Waals surface area contributed by atoms with Gasteiger partial charge in [-0.1, -0.05) is 6.92 Å². The summed E-state index contributed by atoms with van der Waals surface area (Å²) in [6.07, 6.45) is -2.19. The Labute approximate surface area is 72.9 Å². The molecule has 0 aliphatic heterocycles. The number of nitrogens with one attached hydrogen (secondary N) is 1. The number of halogens is 3. The third-order valence-corrected chi connectivity index (χ3v) is 1.36. The summed E-state index contributed by atoms with van der Waals surface area (Å²) in [5.74, 6) is 0. The molecular formula is C7H9F3N2O. The smallest absolute Gasteiger partial charge is 0.422 e. The van der Waals surface area contributed by atoms with Crippen LogP contribution >= 0.6 is 0 Å². The first-order chi connectivity index (χ1) is 6.01. The minimum atomic E-state index is -4.32. The molecule has 0 saturated carbocycles. The van der Waals surface area contributed by atoms with Crippen molar-refractivity contribution >= 4 is 0 Å². The fraction of sp³-hybridized carbons (Fsp3) is 0.571. The summed E-state index contributed by atoms with van der Waals surface area (Å²) < 4.78 is 39.4. The van der Waals surface area contributed by atoms with E-state index >= 15 is 0 Å². The molecule has 1 aromatic rings. The molecule has 6 heteroatoms. The highest BCUT2D eigenvalue weighted by Crippen LogP contribution is 2.16. The molecule has 0 spiro atoms. The average molecular weight is 194 g/mol. The minimum Gasteiger partial charge on any atom is -0.455 e. The number of aromatic nitrogens is 2. The Morgan fingerprint density at radius 1 is 1.54 bits per heavy atom. The third kappa shape index (κ3) is 3.35. The van der Waals surface area contributed by atoms with Crippen LogP contribution in [0.5, 0.6) is 6.01 Å². The number of rotatable bonds is 3. The van der Waals surface area contributed by atoms with Crippen LogP contribution < -0.4 is 4.74 Å². The van der Waals surface area contributed by atoms with E-state index in [0.29, 0.717) is 6.42 Å². The fourth-order valence-electron chi connectivity index (χ4n) is 0.742. The Kier molecular flexibility index (Phi) is 2.79. The lowest BCUT2D eigenvalue weighted by molar-refractivity contribution is -0.154. The molecule has 0 fully saturated rings. The molecule has 1 heterocycles. The van der Waals surface area contributed by atoms with Crippen molar-refractivity contribution in [2.45, 2.75) is 19.5 Å². The fourth-order valence-corrected chi connectivity index (χ4v) is 0.742. The topological polar surface area (TPSA) is 37.9 Å². The predicted molar refractivity (Wildman–Crippen MR) is 39.5 cm³/mol. The van der Waals surface area contributed by atoms with E-state index < -0.39 is 12.8 Å². The van der Waals surface area contributed by atoms with Gasteiger partial charge in [0.15, 0.2) is 6.61 Å². The summed E-state index contributed by atoms with van der Waals surface area (Å²) in [4.78, 5) is 6.21. The van der Waals surface area contributed by atoms with Crippen LogP contribution in [-0.2, 0) is 6.42 Å². The maximum absolute atomic E-state index is 11.7. The molecule has 13 heavy (non-hydrogen) atoms. The van der Waals surface area contributed by atoms with E-state index in [-0.39, 0.29) is 6.01 Å². The number of hydrogen-bond acceptors (Lipinski definition) is 2. The van der Waals surface area contributed by atoms with Gasteiger partial charge >= 0.3 is 6.18 Å². The Balaban J connectivity index is 2.46. The highest BCUT2D eigenvalue weighted by molar-refractivity contribution is 5.04. The molecule has 3 nitrogen and oxygen atoms in total. The van der Waals surface area contributed by atoms with E-state index in [4.69, 9.17) is 0 Å². The summed E-state index contributed by atoms with van der Waals surface area (Å²) in [6, 6.07) is -0.0887. The number of nitrogens with zero attached hydrogens (tertiary/aromatic N) is 1. The van der Waals surface area contributed by atoms with Gasteiger partial charge in [0.1, 0.15) is 0 Å². The van der Waals surface area contributed by atoms with Gasteiger partial charge in [0.25, 0.3) is 6.01 Å². The lowest BCUT2D eigenvalue weighted by atomic mass is 10.4. The molecule has 1 aromatic heterocycles. The summed E-state index contributed by atoms with van der Waals surface area (Å²) in [6.45, 7) is 0.546. The maximum atomic E-state index is 11.7. The predicted octanol–water partition coefficient (Wildman–Crippen LogP) is 1.91. The molecule has 1 rings (SSSR count). The van der Waals surface area contributed by atoms with Gasteiger partial charge in [-0.25, -0.2) is 4.98 Å². The second kappa shape index (κ2) is 3.68. The molecule has 0 aliphatic carbocycles. The van der Waals surface area contributed by atoms with Crippen molar-refractivity contribution in [2.24, 2.45) is 0 Å². The molecule has 1 N–H and O–H groups in total. The molecule has 0 aliphatic rings. The van der Waals surface area contributed by atoms with Gasteiger partial charge in [0, 0.05) is 5.69 Å². The van der Waals surface area contributed by atoms with E-state index in [9.17, 15) is 13.2 Å². The Hall–Kier alpha value is -1.20. The number of imidazole rings is 1. The van der Waals surface area contributed by atoms with Crippen molar-refractivity contribution in [3.8, 4) is 6.01 Å². The first-order valence-electron chi connectivity index (χ1n) is 3.74. The number of aromatic amines is 1. The zero-order valence-electron chi connectivity index (χ0n) is 6.98. The van der Waals surface area contributed by atoms with E-state index in [2.05, 4.69) is 14.7 Å². The second-order valence-electron chi connectivity index (χ2n) is 2.47. The number of aryl methyl sites for hydroxylation is 1. The van der Waals surface area contributed by atoms with Crippen LogP contribution in [0.4, 0.5) is 13.2 Å². The van der Waals surface area contributed by atoms with Gasteiger partial charge in [0.05, 0.1) is 6.20 Å². The molecule has 0 aromatic carbocycles. The number of alkyl halides is 3.